The number of rotatable bonds is 1. The molecule has 2 aromatic rings. The third-order valence-corrected chi connectivity index (χ3v) is 4.04. The van der Waals surface area contributed by atoms with Crippen molar-refractivity contribution in [2.24, 2.45) is 11.1 Å². The van der Waals surface area contributed by atoms with Gasteiger partial charge in [-0.1, -0.05) is 13.8 Å². The maximum absolute atomic E-state index is 6.35. The number of fused-ring (bicyclic) bond motifs is 1. The number of nitrogens with two attached hydrogens (primary N) is 1. The number of aryl methyl sites for hydroxylation is 1. The summed E-state index contributed by atoms with van der Waals surface area (Å²) < 4.78 is 2.31. The fraction of sp³-hybridized carbons (Fsp3) is 0.438. The van der Waals surface area contributed by atoms with Gasteiger partial charge in [0.1, 0.15) is 0 Å². The molecule has 0 bridgehead atoms. The molecule has 0 radical (unpaired) electrons. The van der Waals surface area contributed by atoms with Crippen LogP contribution in [-0.4, -0.2) is 9.55 Å². The molecule has 19 heavy (non-hydrogen) atoms. The number of aromatic nitrogens is 2. The minimum atomic E-state index is 0.148. The lowest BCUT2D eigenvalue weighted by Gasteiger charge is -2.34. The van der Waals surface area contributed by atoms with Gasteiger partial charge in [0.15, 0.2) is 0 Å². The van der Waals surface area contributed by atoms with E-state index < -0.39 is 0 Å². The smallest absolute Gasteiger partial charge is 0.0638 e. The van der Waals surface area contributed by atoms with Crippen molar-refractivity contribution < 1.29 is 0 Å². The molecule has 0 fully saturated rings. The van der Waals surface area contributed by atoms with Gasteiger partial charge in [0, 0.05) is 23.6 Å². The first-order chi connectivity index (χ1) is 8.98. The Morgan fingerprint density at radius 3 is 2.89 bits per heavy atom. The van der Waals surface area contributed by atoms with E-state index in [0.717, 1.165) is 18.5 Å². The van der Waals surface area contributed by atoms with Gasteiger partial charge in [-0.15, -0.1) is 0 Å². The molecule has 100 valence electrons. The summed E-state index contributed by atoms with van der Waals surface area (Å²) in [7, 11) is 0. The molecule has 3 heteroatoms. The Kier molecular flexibility index (Phi) is 2.75. The first kappa shape index (κ1) is 12.4. The Bertz CT molecular complexity index is 596. The zero-order valence-corrected chi connectivity index (χ0v) is 11.9. The van der Waals surface area contributed by atoms with E-state index in [1.165, 1.54) is 17.0 Å². The molecule has 1 aliphatic carbocycles. The third kappa shape index (κ3) is 2.08. The van der Waals surface area contributed by atoms with E-state index in [2.05, 4.69) is 42.5 Å². The summed E-state index contributed by atoms with van der Waals surface area (Å²) in [5.41, 5.74) is 11.6. The van der Waals surface area contributed by atoms with Crippen molar-refractivity contribution in [2.75, 3.05) is 0 Å². The van der Waals surface area contributed by atoms with Crippen molar-refractivity contribution in [1.82, 2.24) is 9.55 Å². The van der Waals surface area contributed by atoms with E-state index >= 15 is 0 Å². The highest BCUT2D eigenvalue weighted by atomic mass is 15.0. The van der Waals surface area contributed by atoms with Crippen LogP contribution >= 0.6 is 0 Å². The fourth-order valence-electron chi connectivity index (χ4n) is 3.29. The highest BCUT2D eigenvalue weighted by molar-refractivity contribution is 5.43. The Hall–Kier alpha value is -1.61. The van der Waals surface area contributed by atoms with Gasteiger partial charge in [-0.05, 0) is 48.9 Å². The molecule has 1 aliphatic rings. The van der Waals surface area contributed by atoms with E-state index in [4.69, 9.17) is 5.73 Å². The highest BCUT2D eigenvalue weighted by Gasteiger charge is 2.33. The van der Waals surface area contributed by atoms with Crippen molar-refractivity contribution in [3.8, 4) is 5.69 Å². The number of pyridine rings is 1. The summed E-state index contributed by atoms with van der Waals surface area (Å²) in [5, 5.41) is 0. The van der Waals surface area contributed by atoms with Crippen molar-refractivity contribution in [1.29, 1.82) is 0 Å². The first-order valence-corrected chi connectivity index (χ1v) is 6.85. The second-order valence-electron chi connectivity index (χ2n) is 6.39. The molecule has 0 saturated heterocycles. The van der Waals surface area contributed by atoms with Crippen LogP contribution in [0, 0.1) is 12.3 Å². The number of nitrogens with zero attached hydrogens (tertiary/aromatic N) is 2. The van der Waals surface area contributed by atoms with Gasteiger partial charge in [0.25, 0.3) is 0 Å². The zero-order chi connectivity index (χ0) is 13.6. The predicted molar refractivity (Wildman–Crippen MR) is 77.3 cm³/mol. The molecule has 2 heterocycles. The van der Waals surface area contributed by atoms with Crippen LogP contribution in [-0.2, 0) is 6.42 Å². The van der Waals surface area contributed by atoms with Crippen LogP contribution in [0.4, 0.5) is 0 Å². The predicted octanol–water partition coefficient (Wildman–Crippen LogP) is 3.15. The van der Waals surface area contributed by atoms with Crippen LogP contribution in [0.15, 0.2) is 30.6 Å². The SMILES string of the molecule is Cc1cc2c(n1-c1cccnc1)CC(C)(C)CC2N. The van der Waals surface area contributed by atoms with E-state index in [0.29, 0.717) is 0 Å². The van der Waals surface area contributed by atoms with Crippen molar-refractivity contribution in [3.05, 3.63) is 47.5 Å². The largest absolute Gasteiger partial charge is 0.324 e. The molecule has 3 nitrogen and oxygen atoms in total. The standard InChI is InChI=1S/C16H21N3/c1-11-7-13-14(17)8-16(2,3)9-15(13)19(11)12-5-4-6-18-10-12/h4-7,10,14H,8-9,17H2,1-3H3. The quantitative estimate of drug-likeness (QED) is 0.850. The summed E-state index contributed by atoms with van der Waals surface area (Å²) in [6.45, 7) is 6.74. The van der Waals surface area contributed by atoms with Gasteiger partial charge in [-0.3, -0.25) is 4.98 Å². The normalized spacial score (nSPS) is 21.2. The van der Waals surface area contributed by atoms with Gasteiger partial charge >= 0.3 is 0 Å². The number of hydrogen-bond acceptors (Lipinski definition) is 2. The monoisotopic (exact) mass is 255 g/mol. The van der Waals surface area contributed by atoms with Crippen molar-refractivity contribution in [3.63, 3.8) is 0 Å². The second kappa shape index (κ2) is 4.20. The van der Waals surface area contributed by atoms with Crippen LogP contribution in [0.5, 0.6) is 0 Å². The minimum absolute atomic E-state index is 0.148. The number of hydrogen-bond donors (Lipinski definition) is 1. The van der Waals surface area contributed by atoms with E-state index in [-0.39, 0.29) is 11.5 Å². The molecule has 0 saturated carbocycles. The topological polar surface area (TPSA) is 43.8 Å². The van der Waals surface area contributed by atoms with Gasteiger partial charge < -0.3 is 10.3 Å². The summed E-state index contributed by atoms with van der Waals surface area (Å²) in [5.74, 6) is 0. The van der Waals surface area contributed by atoms with Gasteiger partial charge in [0.2, 0.25) is 0 Å². The molecule has 0 aromatic carbocycles. The maximum atomic E-state index is 6.35. The molecule has 1 unspecified atom stereocenters. The van der Waals surface area contributed by atoms with Crippen LogP contribution in [0.3, 0.4) is 0 Å². The minimum Gasteiger partial charge on any atom is -0.324 e. The maximum Gasteiger partial charge on any atom is 0.0638 e. The Morgan fingerprint density at radius 2 is 2.21 bits per heavy atom. The van der Waals surface area contributed by atoms with Gasteiger partial charge in [0.05, 0.1) is 11.9 Å². The van der Waals surface area contributed by atoms with Crippen LogP contribution in [0.1, 0.15) is 43.3 Å². The lowest BCUT2D eigenvalue weighted by molar-refractivity contribution is 0.278. The summed E-state index contributed by atoms with van der Waals surface area (Å²) in [4.78, 5) is 4.23. The lowest BCUT2D eigenvalue weighted by atomic mass is 9.74. The highest BCUT2D eigenvalue weighted by Crippen LogP contribution is 2.41. The molecule has 2 N–H and O–H groups in total. The molecule has 0 spiro atoms. The molecule has 1 atom stereocenters. The van der Waals surface area contributed by atoms with Crippen LogP contribution in [0.25, 0.3) is 5.69 Å². The molecule has 2 aromatic heterocycles. The average molecular weight is 255 g/mol. The Morgan fingerprint density at radius 1 is 1.42 bits per heavy atom. The molecule has 3 rings (SSSR count). The third-order valence-electron chi connectivity index (χ3n) is 4.04. The van der Waals surface area contributed by atoms with Crippen molar-refractivity contribution in [2.45, 2.75) is 39.7 Å². The van der Waals surface area contributed by atoms with Gasteiger partial charge in [-0.25, -0.2) is 0 Å². The second-order valence-corrected chi connectivity index (χ2v) is 6.39. The summed E-state index contributed by atoms with van der Waals surface area (Å²) in [6.07, 6.45) is 5.85. The molecule has 0 amide bonds. The summed E-state index contributed by atoms with van der Waals surface area (Å²) >= 11 is 0. The van der Waals surface area contributed by atoms with Crippen LogP contribution in [0.2, 0.25) is 0 Å². The van der Waals surface area contributed by atoms with E-state index in [1.54, 1.807) is 0 Å². The zero-order valence-electron chi connectivity index (χ0n) is 11.9. The molecule has 0 aliphatic heterocycles. The Balaban J connectivity index is 2.18. The summed E-state index contributed by atoms with van der Waals surface area (Å²) in [6, 6.07) is 6.47. The first-order valence-electron chi connectivity index (χ1n) is 6.85. The average Bonchev–Trinajstić information content (AvgIpc) is 2.65. The van der Waals surface area contributed by atoms with Crippen LogP contribution < -0.4 is 5.73 Å². The molecular formula is C16H21N3. The van der Waals surface area contributed by atoms with Gasteiger partial charge in [-0.2, -0.15) is 0 Å². The van der Waals surface area contributed by atoms with E-state index in [9.17, 15) is 0 Å². The lowest BCUT2D eigenvalue weighted by Crippen LogP contribution is -2.30. The Labute approximate surface area is 114 Å². The molecular weight excluding hydrogens is 234 g/mol. The van der Waals surface area contributed by atoms with E-state index in [1.807, 2.05) is 18.5 Å². The fourth-order valence-corrected chi connectivity index (χ4v) is 3.29. The van der Waals surface area contributed by atoms with Crippen molar-refractivity contribution >= 4 is 0 Å².